The Bertz CT molecular complexity index is 667. The van der Waals surface area contributed by atoms with Crippen molar-refractivity contribution in [1.29, 1.82) is 0 Å². The van der Waals surface area contributed by atoms with Gasteiger partial charge in [-0.25, -0.2) is 17.9 Å². The molecule has 1 aromatic carbocycles. The molecule has 0 heterocycles. The molecule has 6 nitrogen and oxygen atoms in total. The van der Waals surface area contributed by atoms with Gasteiger partial charge in [0.05, 0.1) is 22.1 Å². The van der Waals surface area contributed by atoms with Crippen LogP contribution in [-0.2, 0) is 10.0 Å². The van der Waals surface area contributed by atoms with E-state index < -0.39 is 27.6 Å². The molecule has 0 aliphatic carbocycles. The van der Waals surface area contributed by atoms with Crippen molar-refractivity contribution in [2.24, 2.45) is 0 Å². The summed E-state index contributed by atoms with van der Waals surface area (Å²) in [4.78, 5) is 10.9. The van der Waals surface area contributed by atoms with E-state index >= 15 is 0 Å². The summed E-state index contributed by atoms with van der Waals surface area (Å²) in [5, 5.41) is 18.7. The number of carboxylic acids is 1. The predicted molar refractivity (Wildman–Crippen MR) is 81.9 cm³/mol. The lowest BCUT2D eigenvalue weighted by Gasteiger charge is -2.29. The molecule has 0 fully saturated rings. The van der Waals surface area contributed by atoms with Gasteiger partial charge in [-0.05, 0) is 61.3 Å². The summed E-state index contributed by atoms with van der Waals surface area (Å²) >= 11 is 3.17. The second kappa shape index (κ2) is 6.04. The molecule has 1 aromatic rings. The number of nitrogens with one attached hydrogen (secondary N) is 1. The molecule has 0 spiro atoms. The third kappa shape index (κ3) is 4.03. The van der Waals surface area contributed by atoms with Crippen LogP contribution in [0.25, 0.3) is 0 Å². The monoisotopic (exact) mass is 379 g/mol. The van der Waals surface area contributed by atoms with Crippen molar-refractivity contribution in [2.75, 3.05) is 0 Å². The molecule has 21 heavy (non-hydrogen) atoms. The largest absolute Gasteiger partial charge is 0.478 e. The number of aryl methyl sites for hydroxylation is 1. The molecule has 0 aliphatic heterocycles. The van der Waals surface area contributed by atoms with E-state index in [1.54, 1.807) is 6.92 Å². The molecule has 0 saturated carbocycles. The molecule has 118 valence electrons. The van der Waals surface area contributed by atoms with Crippen molar-refractivity contribution in [3.05, 3.63) is 27.7 Å². The number of carbonyl (C=O) groups is 1. The Balaban J connectivity index is 3.42. The minimum absolute atomic E-state index is 0.120. The smallest absolute Gasteiger partial charge is 0.335 e. The number of carboxylic acid groups (broad SMARTS) is 1. The van der Waals surface area contributed by atoms with E-state index in [2.05, 4.69) is 20.7 Å². The molecule has 0 saturated heterocycles. The molecule has 0 aromatic heterocycles. The van der Waals surface area contributed by atoms with Crippen molar-refractivity contribution in [3.8, 4) is 0 Å². The van der Waals surface area contributed by atoms with Gasteiger partial charge in [0.2, 0.25) is 10.0 Å². The minimum atomic E-state index is -3.99. The number of hydrogen-bond donors (Lipinski definition) is 3. The Morgan fingerprint density at radius 1 is 1.38 bits per heavy atom. The third-order valence-corrected chi connectivity index (χ3v) is 6.21. The van der Waals surface area contributed by atoms with Crippen LogP contribution >= 0.6 is 15.9 Å². The molecule has 1 atom stereocenters. The predicted octanol–water partition coefficient (Wildman–Crippen LogP) is 1.89. The lowest BCUT2D eigenvalue weighted by molar-refractivity contribution is 0.0696. The first-order valence-electron chi connectivity index (χ1n) is 6.14. The summed E-state index contributed by atoms with van der Waals surface area (Å²) in [7, 11) is -3.99. The highest BCUT2D eigenvalue weighted by Gasteiger charge is 2.32. The van der Waals surface area contributed by atoms with Gasteiger partial charge in [0.1, 0.15) is 0 Å². The standard InChI is InChI=1S/C13H18BrNO5S/c1-7-5-9(12(17)18)6-10(11(7)14)21(19,20)15-13(3,4)8(2)16/h5-6,8,15-16H,1-4H3,(H,17,18). The zero-order chi connectivity index (χ0) is 16.6. The van der Waals surface area contributed by atoms with E-state index in [0.717, 1.165) is 6.07 Å². The molecule has 1 unspecified atom stereocenters. The van der Waals surface area contributed by atoms with Crippen LogP contribution in [0.2, 0.25) is 0 Å². The molecule has 0 amide bonds. The van der Waals surface area contributed by atoms with Crippen LogP contribution in [0.5, 0.6) is 0 Å². The number of aliphatic hydroxyl groups excluding tert-OH is 1. The molecule has 0 radical (unpaired) electrons. The fourth-order valence-electron chi connectivity index (χ4n) is 1.54. The molecule has 3 N–H and O–H groups in total. The maximum absolute atomic E-state index is 12.5. The second-order valence-corrected chi connectivity index (χ2v) is 7.86. The van der Waals surface area contributed by atoms with Gasteiger partial charge in [-0.1, -0.05) is 0 Å². The fraction of sp³-hybridized carbons (Fsp3) is 0.462. The van der Waals surface area contributed by atoms with Gasteiger partial charge in [-0.3, -0.25) is 0 Å². The van der Waals surface area contributed by atoms with E-state index in [0.29, 0.717) is 10.0 Å². The summed E-state index contributed by atoms with van der Waals surface area (Å²) in [6, 6.07) is 2.46. The van der Waals surface area contributed by atoms with Gasteiger partial charge in [-0.15, -0.1) is 0 Å². The van der Waals surface area contributed by atoms with Crippen molar-refractivity contribution < 1.29 is 23.4 Å². The zero-order valence-electron chi connectivity index (χ0n) is 12.1. The van der Waals surface area contributed by atoms with E-state index in [1.165, 1.54) is 26.8 Å². The van der Waals surface area contributed by atoms with Crippen molar-refractivity contribution >= 4 is 31.9 Å². The Morgan fingerprint density at radius 3 is 2.33 bits per heavy atom. The summed E-state index contributed by atoms with van der Waals surface area (Å²) in [6.45, 7) is 6.15. The van der Waals surface area contributed by atoms with Crippen molar-refractivity contribution in [1.82, 2.24) is 4.72 Å². The fourth-order valence-corrected chi connectivity index (χ4v) is 4.06. The first-order chi connectivity index (χ1) is 9.38. The van der Waals surface area contributed by atoms with Crippen LogP contribution in [0.4, 0.5) is 0 Å². The average molecular weight is 380 g/mol. The minimum Gasteiger partial charge on any atom is -0.478 e. The maximum atomic E-state index is 12.5. The van der Waals surface area contributed by atoms with Gasteiger partial charge < -0.3 is 10.2 Å². The lowest BCUT2D eigenvalue weighted by atomic mass is 10.0. The van der Waals surface area contributed by atoms with Crippen LogP contribution in [0, 0.1) is 6.92 Å². The number of hydrogen-bond acceptors (Lipinski definition) is 4. The summed E-state index contributed by atoms with van der Waals surface area (Å²) < 4.78 is 27.6. The van der Waals surface area contributed by atoms with Crippen LogP contribution in [0.1, 0.15) is 36.7 Å². The number of aromatic carboxylic acids is 1. The van der Waals surface area contributed by atoms with E-state index in [1.807, 2.05) is 0 Å². The van der Waals surface area contributed by atoms with Crippen LogP contribution in [0.3, 0.4) is 0 Å². The summed E-state index contributed by atoms with van der Waals surface area (Å²) in [6.07, 6.45) is -0.921. The van der Waals surface area contributed by atoms with Crippen LogP contribution in [-0.4, -0.2) is 36.2 Å². The van der Waals surface area contributed by atoms with Gasteiger partial charge in [0.25, 0.3) is 0 Å². The Hall–Kier alpha value is -0.960. The number of halogens is 1. The average Bonchev–Trinajstić information content (AvgIpc) is 2.30. The zero-order valence-corrected chi connectivity index (χ0v) is 14.5. The number of benzene rings is 1. The molecule has 1 rings (SSSR count). The molecule has 0 bridgehead atoms. The van der Waals surface area contributed by atoms with Crippen LogP contribution < -0.4 is 4.72 Å². The van der Waals surface area contributed by atoms with Crippen LogP contribution in [0.15, 0.2) is 21.5 Å². The van der Waals surface area contributed by atoms with Gasteiger partial charge in [-0.2, -0.15) is 0 Å². The molecule has 0 aliphatic rings. The normalized spacial score (nSPS) is 14.0. The quantitative estimate of drug-likeness (QED) is 0.724. The molecule has 8 heteroatoms. The SMILES string of the molecule is Cc1cc(C(=O)O)cc(S(=O)(=O)NC(C)(C)C(C)O)c1Br. The summed E-state index contributed by atoms with van der Waals surface area (Å²) in [5.41, 5.74) is -0.721. The summed E-state index contributed by atoms with van der Waals surface area (Å²) in [5.74, 6) is -1.21. The highest BCUT2D eigenvalue weighted by Crippen LogP contribution is 2.28. The Morgan fingerprint density at radius 2 is 1.90 bits per heavy atom. The van der Waals surface area contributed by atoms with E-state index in [4.69, 9.17) is 5.11 Å². The van der Waals surface area contributed by atoms with Crippen molar-refractivity contribution in [3.63, 3.8) is 0 Å². The number of sulfonamides is 1. The number of aliphatic hydroxyl groups is 1. The van der Waals surface area contributed by atoms with Gasteiger partial charge in [0.15, 0.2) is 0 Å². The Kier molecular flexibility index (Phi) is 5.20. The second-order valence-electron chi connectivity index (χ2n) is 5.41. The Labute approximate surface area is 132 Å². The first kappa shape index (κ1) is 18.1. The van der Waals surface area contributed by atoms with E-state index in [-0.39, 0.29) is 10.5 Å². The van der Waals surface area contributed by atoms with E-state index in [9.17, 15) is 18.3 Å². The maximum Gasteiger partial charge on any atom is 0.335 e. The highest BCUT2D eigenvalue weighted by molar-refractivity contribution is 9.10. The number of rotatable bonds is 5. The lowest BCUT2D eigenvalue weighted by Crippen LogP contribution is -2.50. The highest BCUT2D eigenvalue weighted by atomic mass is 79.9. The first-order valence-corrected chi connectivity index (χ1v) is 8.41. The third-order valence-electron chi connectivity index (χ3n) is 3.20. The topological polar surface area (TPSA) is 104 Å². The molecular weight excluding hydrogens is 362 g/mol. The van der Waals surface area contributed by atoms with Crippen molar-refractivity contribution in [2.45, 2.75) is 44.2 Å². The van der Waals surface area contributed by atoms with Gasteiger partial charge in [0, 0.05) is 4.47 Å². The van der Waals surface area contributed by atoms with Gasteiger partial charge >= 0.3 is 5.97 Å². The molecular formula is C13H18BrNO5S.